The van der Waals surface area contributed by atoms with E-state index in [0.717, 1.165) is 16.5 Å². The minimum Gasteiger partial charge on any atom is -0.330 e. The molecule has 0 unspecified atom stereocenters. The van der Waals surface area contributed by atoms with Crippen molar-refractivity contribution in [2.75, 3.05) is 6.54 Å². The van der Waals surface area contributed by atoms with Crippen LogP contribution in [0.15, 0.2) is 52.5 Å². The Labute approximate surface area is 110 Å². The van der Waals surface area contributed by atoms with Crippen molar-refractivity contribution in [2.24, 2.45) is 5.73 Å². The first-order valence-electron chi connectivity index (χ1n) is 5.37. The SMILES string of the molecule is NCCc1cc(Cl)ccc1Sc1ccccn1. The standard InChI is InChI=1S/C13H13ClN2S/c14-11-4-5-12(10(9-11)6-7-15)17-13-3-1-2-8-16-13/h1-5,8-9H,6-7,15H2. The van der Waals surface area contributed by atoms with Gasteiger partial charge in [-0.05, 0) is 48.9 Å². The van der Waals surface area contributed by atoms with Crippen LogP contribution in [0, 0.1) is 0 Å². The molecule has 0 atom stereocenters. The molecule has 0 aliphatic carbocycles. The van der Waals surface area contributed by atoms with Crippen LogP contribution in [-0.2, 0) is 6.42 Å². The average Bonchev–Trinajstić information content (AvgIpc) is 2.34. The van der Waals surface area contributed by atoms with Crippen LogP contribution >= 0.6 is 23.4 Å². The molecule has 17 heavy (non-hydrogen) atoms. The maximum atomic E-state index is 5.99. The molecule has 0 spiro atoms. The zero-order chi connectivity index (χ0) is 12.1. The van der Waals surface area contributed by atoms with Gasteiger partial charge in [-0.3, -0.25) is 0 Å². The van der Waals surface area contributed by atoms with Gasteiger partial charge in [0.05, 0.1) is 0 Å². The van der Waals surface area contributed by atoms with Crippen molar-refractivity contribution in [1.29, 1.82) is 0 Å². The van der Waals surface area contributed by atoms with E-state index in [4.69, 9.17) is 17.3 Å². The van der Waals surface area contributed by atoms with Crippen molar-refractivity contribution in [3.8, 4) is 0 Å². The molecule has 0 aliphatic heterocycles. The lowest BCUT2D eigenvalue weighted by molar-refractivity contribution is 0.943. The van der Waals surface area contributed by atoms with Gasteiger partial charge in [-0.15, -0.1) is 0 Å². The Hall–Kier alpha value is -1.03. The summed E-state index contributed by atoms with van der Waals surface area (Å²) in [5.74, 6) is 0. The molecule has 2 nitrogen and oxygen atoms in total. The first kappa shape index (κ1) is 12.4. The van der Waals surface area contributed by atoms with E-state index in [1.54, 1.807) is 18.0 Å². The zero-order valence-electron chi connectivity index (χ0n) is 9.27. The molecule has 0 fully saturated rings. The van der Waals surface area contributed by atoms with Crippen molar-refractivity contribution >= 4 is 23.4 Å². The Bertz CT molecular complexity index is 488. The van der Waals surface area contributed by atoms with E-state index < -0.39 is 0 Å². The highest BCUT2D eigenvalue weighted by molar-refractivity contribution is 7.99. The summed E-state index contributed by atoms with van der Waals surface area (Å²) >= 11 is 7.63. The highest BCUT2D eigenvalue weighted by atomic mass is 35.5. The Kier molecular flexibility index (Phi) is 4.42. The second-order valence-corrected chi connectivity index (χ2v) is 5.06. The summed E-state index contributed by atoms with van der Waals surface area (Å²) in [7, 11) is 0. The van der Waals surface area contributed by atoms with E-state index in [9.17, 15) is 0 Å². The fourth-order valence-electron chi connectivity index (χ4n) is 1.52. The Morgan fingerprint density at radius 2 is 2.12 bits per heavy atom. The van der Waals surface area contributed by atoms with Crippen molar-refractivity contribution in [1.82, 2.24) is 4.98 Å². The summed E-state index contributed by atoms with van der Waals surface area (Å²) in [6, 6.07) is 11.8. The largest absolute Gasteiger partial charge is 0.330 e. The first-order chi connectivity index (χ1) is 8.29. The molecule has 0 bridgehead atoms. The molecule has 1 aromatic heterocycles. The van der Waals surface area contributed by atoms with Gasteiger partial charge in [-0.1, -0.05) is 29.4 Å². The molecule has 0 aliphatic rings. The molecular formula is C13H13ClN2S. The van der Waals surface area contributed by atoms with E-state index in [1.807, 2.05) is 36.4 Å². The number of benzene rings is 1. The maximum absolute atomic E-state index is 5.99. The van der Waals surface area contributed by atoms with Gasteiger partial charge in [-0.2, -0.15) is 0 Å². The predicted molar refractivity (Wildman–Crippen MR) is 72.6 cm³/mol. The first-order valence-corrected chi connectivity index (χ1v) is 6.56. The fourth-order valence-corrected chi connectivity index (χ4v) is 2.63. The highest BCUT2D eigenvalue weighted by Gasteiger charge is 2.05. The normalized spacial score (nSPS) is 10.5. The predicted octanol–water partition coefficient (Wildman–Crippen LogP) is 3.39. The molecule has 88 valence electrons. The summed E-state index contributed by atoms with van der Waals surface area (Å²) in [5.41, 5.74) is 6.78. The van der Waals surface area contributed by atoms with Crippen molar-refractivity contribution < 1.29 is 0 Å². The Morgan fingerprint density at radius 3 is 2.82 bits per heavy atom. The molecule has 0 radical (unpaired) electrons. The van der Waals surface area contributed by atoms with E-state index in [-0.39, 0.29) is 0 Å². The van der Waals surface area contributed by atoms with E-state index in [0.29, 0.717) is 6.54 Å². The summed E-state index contributed by atoms with van der Waals surface area (Å²) in [5, 5.41) is 1.73. The molecule has 0 amide bonds. The van der Waals surface area contributed by atoms with E-state index in [1.165, 1.54) is 10.5 Å². The monoisotopic (exact) mass is 264 g/mol. The minimum absolute atomic E-state index is 0.621. The molecular weight excluding hydrogens is 252 g/mol. The van der Waals surface area contributed by atoms with Crippen molar-refractivity contribution in [3.63, 3.8) is 0 Å². The van der Waals surface area contributed by atoms with Crippen LogP contribution in [0.1, 0.15) is 5.56 Å². The number of halogens is 1. The quantitative estimate of drug-likeness (QED) is 0.920. The van der Waals surface area contributed by atoms with Crippen LogP contribution in [0.5, 0.6) is 0 Å². The molecule has 2 rings (SSSR count). The number of rotatable bonds is 4. The third-order valence-corrected chi connectivity index (χ3v) is 3.59. The molecule has 1 heterocycles. The topological polar surface area (TPSA) is 38.9 Å². The van der Waals surface area contributed by atoms with E-state index >= 15 is 0 Å². The third-order valence-electron chi connectivity index (χ3n) is 2.29. The zero-order valence-corrected chi connectivity index (χ0v) is 10.8. The highest BCUT2D eigenvalue weighted by Crippen LogP contribution is 2.30. The number of nitrogens with two attached hydrogens (primary N) is 1. The van der Waals surface area contributed by atoms with Crippen LogP contribution in [0.25, 0.3) is 0 Å². The molecule has 2 aromatic rings. The molecule has 0 saturated carbocycles. The van der Waals surface area contributed by atoms with Gasteiger partial charge in [0.2, 0.25) is 0 Å². The maximum Gasteiger partial charge on any atom is 0.101 e. The van der Waals surface area contributed by atoms with Gasteiger partial charge in [0.1, 0.15) is 5.03 Å². The van der Waals surface area contributed by atoms with Crippen LogP contribution in [0.4, 0.5) is 0 Å². The van der Waals surface area contributed by atoms with Gasteiger partial charge in [0.25, 0.3) is 0 Å². The van der Waals surface area contributed by atoms with Gasteiger partial charge in [0, 0.05) is 16.1 Å². The summed E-state index contributed by atoms with van der Waals surface area (Å²) in [6.07, 6.45) is 2.62. The van der Waals surface area contributed by atoms with E-state index in [2.05, 4.69) is 4.98 Å². The summed E-state index contributed by atoms with van der Waals surface area (Å²) < 4.78 is 0. The smallest absolute Gasteiger partial charge is 0.101 e. The second kappa shape index (κ2) is 6.05. The van der Waals surface area contributed by atoms with Crippen LogP contribution in [0.2, 0.25) is 5.02 Å². The van der Waals surface area contributed by atoms with Gasteiger partial charge in [-0.25, -0.2) is 4.98 Å². The van der Waals surface area contributed by atoms with Gasteiger partial charge < -0.3 is 5.73 Å². The minimum atomic E-state index is 0.621. The van der Waals surface area contributed by atoms with Gasteiger partial charge >= 0.3 is 0 Å². The number of aromatic nitrogens is 1. The number of hydrogen-bond acceptors (Lipinski definition) is 3. The van der Waals surface area contributed by atoms with Crippen molar-refractivity contribution in [2.45, 2.75) is 16.3 Å². The third kappa shape index (κ3) is 3.46. The fraction of sp³-hybridized carbons (Fsp3) is 0.154. The number of hydrogen-bond donors (Lipinski definition) is 1. The lowest BCUT2D eigenvalue weighted by atomic mass is 10.1. The molecule has 1 aromatic carbocycles. The lowest BCUT2D eigenvalue weighted by Gasteiger charge is -2.08. The van der Waals surface area contributed by atoms with Gasteiger partial charge in [0.15, 0.2) is 0 Å². The molecule has 2 N–H and O–H groups in total. The Morgan fingerprint density at radius 1 is 1.24 bits per heavy atom. The van der Waals surface area contributed by atoms with Crippen LogP contribution in [0.3, 0.4) is 0 Å². The van der Waals surface area contributed by atoms with Crippen LogP contribution in [-0.4, -0.2) is 11.5 Å². The summed E-state index contributed by atoms with van der Waals surface area (Å²) in [6.45, 7) is 0.621. The molecule has 4 heteroatoms. The lowest BCUT2D eigenvalue weighted by Crippen LogP contribution is -2.03. The average molecular weight is 265 g/mol. The summed E-state index contributed by atoms with van der Waals surface area (Å²) in [4.78, 5) is 5.46. The molecule has 0 saturated heterocycles. The number of nitrogens with zero attached hydrogens (tertiary/aromatic N) is 1. The Balaban J connectivity index is 2.26. The van der Waals surface area contributed by atoms with Crippen LogP contribution < -0.4 is 5.73 Å². The van der Waals surface area contributed by atoms with Crippen molar-refractivity contribution in [3.05, 3.63) is 53.2 Å². The second-order valence-electron chi connectivity index (χ2n) is 3.56. The number of pyridine rings is 1.